The Morgan fingerprint density at radius 3 is 2.80 bits per heavy atom. The molecule has 0 fully saturated rings. The van der Waals surface area contributed by atoms with Gasteiger partial charge in [0.1, 0.15) is 5.82 Å². The molecule has 1 N–H and O–H groups in total. The molecule has 0 bridgehead atoms. The molecule has 0 unspecified atom stereocenters. The molecule has 0 spiro atoms. The zero-order chi connectivity index (χ0) is 14.2. The normalized spacial score (nSPS) is 13.8. The van der Waals surface area contributed by atoms with Crippen LogP contribution in [0.3, 0.4) is 0 Å². The van der Waals surface area contributed by atoms with Crippen molar-refractivity contribution in [3.8, 4) is 11.5 Å². The number of aromatic nitrogens is 1. The van der Waals surface area contributed by atoms with E-state index in [1.807, 2.05) is 36.2 Å². The van der Waals surface area contributed by atoms with Crippen molar-refractivity contribution in [3.05, 3.63) is 24.4 Å². The van der Waals surface area contributed by atoms with E-state index in [1.165, 1.54) is 0 Å². The fourth-order valence-electron chi connectivity index (χ4n) is 2.07. The van der Waals surface area contributed by atoms with Gasteiger partial charge in [-0.3, -0.25) is 0 Å². The van der Waals surface area contributed by atoms with E-state index in [9.17, 15) is 0 Å². The average molecular weight is 290 g/mol. The van der Waals surface area contributed by atoms with Crippen molar-refractivity contribution in [2.45, 2.75) is 18.6 Å². The summed E-state index contributed by atoms with van der Waals surface area (Å²) in [5, 5.41) is 5.61. The first-order valence-electron chi connectivity index (χ1n) is 6.56. The average Bonchev–Trinajstić information content (AvgIpc) is 2.90. The summed E-state index contributed by atoms with van der Waals surface area (Å²) >= 11 is 1.84. The third kappa shape index (κ3) is 2.50. The molecule has 1 aliphatic rings. The Labute approximate surface area is 122 Å². The zero-order valence-corrected chi connectivity index (χ0v) is 12.7. The smallest absolute Gasteiger partial charge is 0.231 e. The summed E-state index contributed by atoms with van der Waals surface area (Å²) in [5.74, 6) is 2.49. The second kappa shape index (κ2) is 5.05. The van der Waals surface area contributed by atoms with Crippen molar-refractivity contribution in [1.82, 2.24) is 4.98 Å². The molecule has 1 aromatic heterocycles. The highest BCUT2D eigenvalue weighted by atomic mass is 32.2. The Kier molecular flexibility index (Phi) is 3.38. The first kappa shape index (κ1) is 13.4. The number of nitrogens with zero attached hydrogens (tertiary/aromatic N) is 1. The van der Waals surface area contributed by atoms with Crippen LogP contribution in [0.15, 0.2) is 24.4 Å². The molecule has 0 amide bonds. The maximum atomic E-state index is 5.45. The Morgan fingerprint density at radius 2 is 2.05 bits per heavy atom. The van der Waals surface area contributed by atoms with Crippen LogP contribution in [0.2, 0.25) is 0 Å². The lowest BCUT2D eigenvalue weighted by Gasteiger charge is -2.23. The van der Waals surface area contributed by atoms with Crippen molar-refractivity contribution in [2.24, 2.45) is 0 Å². The van der Waals surface area contributed by atoms with E-state index in [2.05, 4.69) is 30.4 Å². The van der Waals surface area contributed by atoms with E-state index >= 15 is 0 Å². The zero-order valence-electron chi connectivity index (χ0n) is 11.9. The van der Waals surface area contributed by atoms with Crippen LogP contribution in [0.4, 0.5) is 5.82 Å². The van der Waals surface area contributed by atoms with Gasteiger partial charge in [0.2, 0.25) is 6.79 Å². The summed E-state index contributed by atoms with van der Waals surface area (Å²) in [5.41, 5.74) is 0. The van der Waals surface area contributed by atoms with E-state index in [0.29, 0.717) is 6.79 Å². The Morgan fingerprint density at radius 1 is 1.30 bits per heavy atom. The number of anilines is 1. The van der Waals surface area contributed by atoms with Crippen LogP contribution >= 0.6 is 11.8 Å². The van der Waals surface area contributed by atoms with Crippen molar-refractivity contribution in [3.63, 3.8) is 0 Å². The van der Waals surface area contributed by atoms with Gasteiger partial charge in [0.15, 0.2) is 11.5 Å². The van der Waals surface area contributed by atoms with Gasteiger partial charge in [-0.2, -0.15) is 11.8 Å². The van der Waals surface area contributed by atoms with Crippen LogP contribution in [0.25, 0.3) is 10.8 Å². The van der Waals surface area contributed by atoms with E-state index in [-0.39, 0.29) is 4.75 Å². The van der Waals surface area contributed by atoms with Crippen LogP contribution in [-0.2, 0) is 0 Å². The van der Waals surface area contributed by atoms with E-state index in [1.54, 1.807) is 0 Å². The molecule has 0 radical (unpaired) electrons. The molecule has 0 atom stereocenters. The molecule has 20 heavy (non-hydrogen) atoms. The molecule has 5 heteroatoms. The van der Waals surface area contributed by atoms with Crippen LogP contribution in [0.1, 0.15) is 13.8 Å². The number of benzene rings is 1. The van der Waals surface area contributed by atoms with Gasteiger partial charge < -0.3 is 14.8 Å². The molecule has 106 valence electrons. The number of rotatable bonds is 4. The third-order valence-electron chi connectivity index (χ3n) is 3.49. The highest BCUT2D eigenvalue weighted by Crippen LogP contribution is 2.38. The Balaban J connectivity index is 1.95. The van der Waals surface area contributed by atoms with Gasteiger partial charge in [0, 0.05) is 22.9 Å². The number of ether oxygens (including phenoxy) is 2. The number of fused-ring (bicyclic) bond motifs is 2. The lowest BCUT2D eigenvalue weighted by Crippen LogP contribution is -2.26. The predicted octanol–water partition coefficient (Wildman–Crippen LogP) is 3.52. The van der Waals surface area contributed by atoms with Crippen molar-refractivity contribution >= 4 is 28.4 Å². The molecular weight excluding hydrogens is 272 g/mol. The maximum absolute atomic E-state index is 5.45. The fraction of sp³-hybridized carbons (Fsp3) is 0.400. The van der Waals surface area contributed by atoms with Crippen molar-refractivity contribution in [2.75, 3.05) is 24.9 Å². The lowest BCUT2D eigenvalue weighted by atomic mass is 10.1. The summed E-state index contributed by atoms with van der Waals surface area (Å²) in [4.78, 5) is 4.45. The minimum atomic E-state index is 0.167. The highest BCUT2D eigenvalue weighted by molar-refractivity contribution is 7.99. The fourth-order valence-corrected chi connectivity index (χ4v) is 2.29. The number of hydrogen-bond acceptors (Lipinski definition) is 5. The lowest BCUT2D eigenvalue weighted by molar-refractivity contribution is 0.174. The summed E-state index contributed by atoms with van der Waals surface area (Å²) in [6.45, 7) is 5.57. The minimum Gasteiger partial charge on any atom is -0.454 e. The minimum absolute atomic E-state index is 0.167. The second-order valence-electron chi connectivity index (χ2n) is 5.40. The quantitative estimate of drug-likeness (QED) is 0.933. The van der Waals surface area contributed by atoms with E-state index in [4.69, 9.17) is 9.47 Å². The van der Waals surface area contributed by atoms with Crippen LogP contribution in [-0.4, -0.2) is 29.3 Å². The summed E-state index contributed by atoms with van der Waals surface area (Å²) in [7, 11) is 0. The van der Waals surface area contributed by atoms with Gasteiger partial charge >= 0.3 is 0 Å². The highest BCUT2D eigenvalue weighted by Gasteiger charge is 2.18. The summed E-state index contributed by atoms with van der Waals surface area (Å²) in [6.07, 6.45) is 3.94. The second-order valence-corrected chi connectivity index (χ2v) is 6.92. The molecular formula is C15H18N2O2S. The molecule has 1 aromatic carbocycles. The molecule has 2 aromatic rings. The third-order valence-corrected chi connectivity index (χ3v) is 4.74. The van der Waals surface area contributed by atoms with Crippen LogP contribution in [0.5, 0.6) is 11.5 Å². The van der Waals surface area contributed by atoms with Crippen molar-refractivity contribution < 1.29 is 9.47 Å². The Bertz CT molecular complexity index is 643. The first-order chi connectivity index (χ1) is 9.59. The SMILES string of the molecule is CSC(C)(C)CNc1nccc2cc3c(cc12)OCO3. The molecule has 1 aliphatic heterocycles. The molecule has 0 saturated heterocycles. The standard InChI is InChI=1S/C15H18N2O2S/c1-15(2,20-3)8-17-14-11-7-13-12(18-9-19-13)6-10(11)4-5-16-14/h4-7H,8-9H2,1-3H3,(H,16,17). The summed E-state index contributed by atoms with van der Waals surface area (Å²) < 4.78 is 11.0. The predicted molar refractivity (Wildman–Crippen MR) is 83.9 cm³/mol. The van der Waals surface area contributed by atoms with Crippen molar-refractivity contribution in [1.29, 1.82) is 0 Å². The van der Waals surface area contributed by atoms with Gasteiger partial charge in [-0.1, -0.05) is 0 Å². The monoisotopic (exact) mass is 290 g/mol. The van der Waals surface area contributed by atoms with Crippen LogP contribution < -0.4 is 14.8 Å². The van der Waals surface area contributed by atoms with E-state index in [0.717, 1.165) is 34.6 Å². The molecule has 3 rings (SSSR count). The number of pyridine rings is 1. The van der Waals surface area contributed by atoms with Gasteiger partial charge in [-0.05, 0) is 43.7 Å². The van der Waals surface area contributed by atoms with E-state index < -0.39 is 0 Å². The van der Waals surface area contributed by atoms with Gasteiger partial charge in [-0.25, -0.2) is 4.98 Å². The summed E-state index contributed by atoms with van der Waals surface area (Å²) in [6, 6.07) is 5.99. The first-order valence-corrected chi connectivity index (χ1v) is 7.79. The van der Waals surface area contributed by atoms with Gasteiger partial charge in [0.25, 0.3) is 0 Å². The topological polar surface area (TPSA) is 43.4 Å². The maximum Gasteiger partial charge on any atom is 0.231 e. The Hall–Kier alpha value is -1.62. The largest absolute Gasteiger partial charge is 0.454 e. The molecule has 0 aliphatic carbocycles. The molecule has 2 heterocycles. The molecule has 4 nitrogen and oxygen atoms in total. The van der Waals surface area contributed by atoms with Gasteiger partial charge in [0.05, 0.1) is 0 Å². The number of hydrogen-bond donors (Lipinski definition) is 1. The van der Waals surface area contributed by atoms with Crippen LogP contribution in [0, 0.1) is 0 Å². The van der Waals surface area contributed by atoms with Gasteiger partial charge in [-0.15, -0.1) is 0 Å². The number of thioether (sulfide) groups is 1. The number of nitrogens with one attached hydrogen (secondary N) is 1. The molecule has 0 saturated carbocycles.